The zero-order valence-electron chi connectivity index (χ0n) is 12.6. The summed E-state index contributed by atoms with van der Waals surface area (Å²) in [6, 6.07) is 9.10. The minimum atomic E-state index is -1.27. The van der Waals surface area contributed by atoms with Crippen molar-refractivity contribution in [2.75, 3.05) is 0 Å². The third-order valence-electron chi connectivity index (χ3n) is 4.07. The van der Waals surface area contributed by atoms with Gasteiger partial charge in [-0.3, -0.25) is 10.4 Å². The van der Waals surface area contributed by atoms with E-state index >= 15 is 0 Å². The molecule has 0 amide bonds. The molecule has 3 rings (SSSR count). The lowest BCUT2D eigenvalue weighted by Crippen LogP contribution is -2.65. The average Bonchev–Trinajstić information content (AvgIpc) is 2.55. The van der Waals surface area contributed by atoms with Gasteiger partial charge in [0.25, 0.3) is 0 Å². The maximum atomic E-state index is 11.0. The van der Waals surface area contributed by atoms with Crippen molar-refractivity contribution < 1.29 is 9.67 Å². The number of hydrogen-bond donors (Lipinski definition) is 3. The molecule has 3 N–H and O–H groups in total. The highest BCUT2D eigenvalue weighted by atomic mass is 32.1. The van der Waals surface area contributed by atoms with Crippen LogP contribution in [0.3, 0.4) is 0 Å². The summed E-state index contributed by atoms with van der Waals surface area (Å²) in [4.78, 5) is 4.40. The van der Waals surface area contributed by atoms with Crippen molar-refractivity contribution in [2.24, 2.45) is 0 Å². The Bertz CT molecular complexity index is 770. The Hall–Kier alpha value is -2.40. The molecule has 0 saturated carbocycles. The molecular weight excluding hydrogens is 308 g/mol. The van der Waals surface area contributed by atoms with Crippen molar-refractivity contribution in [1.29, 1.82) is 5.41 Å². The van der Waals surface area contributed by atoms with E-state index in [1.165, 1.54) is 0 Å². The fraction of sp³-hybridized carbons (Fsp3) is 0.235. The number of aromatic nitrogens is 2. The van der Waals surface area contributed by atoms with Gasteiger partial charge in [-0.05, 0) is 30.5 Å². The molecular formula is C17H17N4OS+. The molecule has 5 nitrogen and oxygen atoms in total. The molecule has 6 heteroatoms. The monoisotopic (exact) mass is 325 g/mol. The summed E-state index contributed by atoms with van der Waals surface area (Å²) in [6.07, 6.45) is 7.18. The van der Waals surface area contributed by atoms with Gasteiger partial charge in [-0.25, -0.2) is 0 Å². The van der Waals surface area contributed by atoms with Crippen LogP contribution < -0.4 is 9.88 Å². The van der Waals surface area contributed by atoms with Crippen molar-refractivity contribution >= 4 is 23.1 Å². The molecule has 1 aliphatic heterocycles. The first-order valence-electron chi connectivity index (χ1n) is 7.25. The van der Waals surface area contributed by atoms with E-state index in [1.807, 2.05) is 47.3 Å². The Balaban J connectivity index is 2.22. The molecule has 0 spiro atoms. The van der Waals surface area contributed by atoms with Crippen molar-refractivity contribution in [1.82, 2.24) is 10.3 Å². The van der Waals surface area contributed by atoms with Gasteiger partial charge in [0.2, 0.25) is 6.04 Å². The van der Waals surface area contributed by atoms with Crippen LogP contribution in [0.2, 0.25) is 0 Å². The number of rotatable bonds is 2. The summed E-state index contributed by atoms with van der Waals surface area (Å²) >= 11 is 5.34. The second kappa shape index (κ2) is 6.01. The van der Waals surface area contributed by atoms with Gasteiger partial charge in [-0.1, -0.05) is 18.3 Å². The third-order valence-corrected chi connectivity index (χ3v) is 4.40. The van der Waals surface area contributed by atoms with Crippen LogP contribution in [0, 0.1) is 5.41 Å². The fourth-order valence-corrected chi connectivity index (χ4v) is 3.49. The molecule has 0 radical (unpaired) electrons. The quantitative estimate of drug-likeness (QED) is 0.339. The van der Waals surface area contributed by atoms with E-state index in [-0.39, 0.29) is 12.0 Å². The number of aliphatic hydroxyl groups is 1. The normalized spacial score (nSPS) is 27.2. The molecule has 116 valence electrons. The Labute approximate surface area is 139 Å². The summed E-state index contributed by atoms with van der Waals surface area (Å²) in [5, 5.41) is 21.6. The second-order valence-electron chi connectivity index (χ2n) is 5.67. The predicted molar refractivity (Wildman–Crippen MR) is 90.2 cm³/mol. The Morgan fingerprint density at radius 3 is 2.57 bits per heavy atom. The molecule has 0 bridgehead atoms. The lowest BCUT2D eigenvalue weighted by molar-refractivity contribution is -0.740. The van der Waals surface area contributed by atoms with Crippen LogP contribution in [0.25, 0.3) is 0 Å². The standard InChI is InChI=1S/C17H16N4OS/c1-17(22)15(21-9-3-2-4-10-21)14(12-5-7-19-8-6-12)13(11-18)16(23)20-17/h2-10,14-15,18,22H,1H3/p+1. The van der Waals surface area contributed by atoms with E-state index in [1.54, 1.807) is 19.3 Å². The predicted octanol–water partition coefficient (Wildman–Crippen LogP) is 1.51. The van der Waals surface area contributed by atoms with E-state index < -0.39 is 5.72 Å². The van der Waals surface area contributed by atoms with Crippen LogP contribution >= 0.6 is 12.2 Å². The zero-order valence-corrected chi connectivity index (χ0v) is 13.4. The molecule has 3 unspecified atom stereocenters. The number of pyridine rings is 2. The minimum Gasteiger partial charge on any atom is -0.366 e. The number of thiocarbonyl (C=S) groups is 1. The van der Waals surface area contributed by atoms with Crippen molar-refractivity contribution in [3.05, 3.63) is 66.3 Å². The van der Waals surface area contributed by atoms with Crippen LogP contribution in [-0.2, 0) is 0 Å². The maximum Gasteiger partial charge on any atom is 0.216 e. The van der Waals surface area contributed by atoms with Crippen LogP contribution in [0.4, 0.5) is 0 Å². The van der Waals surface area contributed by atoms with Gasteiger partial charge >= 0.3 is 0 Å². The van der Waals surface area contributed by atoms with Gasteiger partial charge in [0.05, 0.1) is 11.5 Å². The molecule has 2 aromatic rings. The lowest BCUT2D eigenvalue weighted by Gasteiger charge is -2.40. The molecule has 3 heterocycles. The minimum absolute atomic E-state index is 0.299. The first-order chi connectivity index (χ1) is 11.0. The molecule has 23 heavy (non-hydrogen) atoms. The Kier molecular flexibility index (Phi) is 4.05. The smallest absolute Gasteiger partial charge is 0.216 e. The van der Waals surface area contributed by atoms with E-state index in [2.05, 4.69) is 16.2 Å². The van der Waals surface area contributed by atoms with E-state index in [9.17, 15) is 5.11 Å². The van der Waals surface area contributed by atoms with Crippen LogP contribution in [-0.4, -0.2) is 26.7 Å². The van der Waals surface area contributed by atoms with E-state index in [0.29, 0.717) is 10.6 Å². The second-order valence-corrected chi connectivity index (χ2v) is 6.07. The first kappa shape index (κ1) is 15.5. The van der Waals surface area contributed by atoms with Gasteiger partial charge in [0.1, 0.15) is 4.99 Å². The highest BCUT2D eigenvalue weighted by Gasteiger charge is 2.52. The number of hydrogen-bond acceptors (Lipinski definition) is 4. The van der Waals surface area contributed by atoms with E-state index in [0.717, 1.165) is 5.56 Å². The number of nitrogens with zero attached hydrogens (tertiary/aromatic N) is 2. The summed E-state index contributed by atoms with van der Waals surface area (Å²) in [5.41, 5.74) is 0.219. The molecule has 3 atom stereocenters. The highest BCUT2D eigenvalue weighted by molar-refractivity contribution is 7.80. The van der Waals surface area contributed by atoms with Crippen molar-refractivity contribution in [3.63, 3.8) is 0 Å². The summed E-state index contributed by atoms with van der Waals surface area (Å²) in [5.74, 6) is 2.16. The fourth-order valence-electron chi connectivity index (χ4n) is 3.11. The summed E-state index contributed by atoms with van der Waals surface area (Å²) in [6.45, 7) is 1.69. The van der Waals surface area contributed by atoms with Gasteiger partial charge in [-0.2, -0.15) is 4.57 Å². The van der Waals surface area contributed by atoms with Crippen LogP contribution in [0.1, 0.15) is 24.4 Å². The van der Waals surface area contributed by atoms with Crippen molar-refractivity contribution in [2.45, 2.75) is 24.6 Å². The average molecular weight is 325 g/mol. The largest absolute Gasteiger partial charge is 0.366 e. The van der Waals surface area contributed by atoms with Crippen LogP contribution in [0.5, 0.6) is 0 Å². The molecule has 1 fully saturated rings. The van der Waals surface area contributed by atoms with Crippen molar-refractivity contribution in [3.8, 4) is 0 Å². The zero-order chi connectivity index (χ0) is 16.4. The molecule has 0 aliphatic carbocycles. The molecule has 2 aromatic heterocycles. The summed E-state index contributed by atoms with van der Waals surface area (Å²) < 4.78 is 1.93. The maximum absolute atomic E-state index is 11.0. The first-order valence-corrected chi connectivity index (χ1v) is 7.65. The van der Waals surface area contributed by atoms with Gasteiger partial charge in [0.15, 0.2) is 18.1 Å². The molecule has 1 aliphatic rings. The SMILES string of the molecule is CC1(O)NC(=S)C(=C=N)C(c2ccncc2)C1[n+]1ccccc1. The Morgan fingerprint density at radius 2 is 1.96 bits per heavy atom. The number of nitrogens with one attached hydrogen (secondary N) is 2. The topological polar surface area (TPSA) is 72.9 Å². The van der Waals surface area contributed by atoms with Crippen LogP contribution in [0.15, 0.2) is 60.7 Å². The molecule has 0 aromatic carbocycles. The highest BCUT2D eigenvalue weighted by Crippen LogP contribution is 2.40. The van der Waals surface area contributed by atoms with Gasteiger partial charge < -0.3 is 10.4 Å². The molecule has 1 saturated heterocycles. The lowest BCUT2D eigenvalue weighted by atomic mass is 9.77. The summed E-state index contributed by atoms with van der Waals surface area (Å²) in [7, 11) is 0. The number of piperidine rings is 1. The van der Waals surface area contributed by atoms with Gasteiger partial charge in [0, 0.05) is 24.5 Å². The Morgan fingerprint density at radius 1 is 1.30 bits per heavy atom. The third kappa shape index (κ3) is 2.80. The van der Waals surface area contributed by atoms with E-state index in [4.69, 9.17) is 17.6 Å². The van der Waals surface area contributed by atoms with Gasteiger partial charge in [-0.15, -0.1) is 0 Å².